The van der Waals surface area contributed by atoms with Gasteiger partial charge in [0.2, 0.25) is 20.0 Å². The number of unbranched alkanes of at least 4 members (excludes halogenated alkanes) is 2. The average molecular weight is 519 g/mol. The van der Waals surface area contributed by atoms with Gasteiger partial charge in [0.15, 0.2) is 0 Å². The lowest BCUT2D eigenvalue weighted by molar-refractivity contribution is 0.568. The highest BCUT2D eigenvalue weighted by Crippen LogP contribution is 2.13. The molecule has 12 heteroatoms. The zero-order valence-corrected chi connectivity index (χ0v) is 21.0. The smallest absolute Gasteiger partial charge is 0.240 e. The zero-order chi connectivity index (χ0) is 24.7. The number of nitrogens with zero attached hydrogens (tertiary/aromatic N) is 2. The van der Waals surface area contributed by atoms with Crippen molar-refractivity contribution in [1.29, 1.82) is 0 Å². The van der Waals surface area contributed by atoms with Crippen LogP contribution in [-0.4, -0.2) is 67.8 Å². The lowest BCUT2D eigenvalue weighted by Crippen LogP contribution is -2.26. The molecule has 0 spiro atoms. The first-order chi connectivity index (χ1) is 16.9. The van der Waals surface area contributed by atoms with E-state index in [4.69, 9.17) is 0 Å². The number of benzene rings is 2. The van der Waals surface area contributed by atoms with Crippen LogP contribution in [0.15, 0.2) is 68.3 Å². The number of hydrogen-bond acceptors (Lipinski definition) is 8. The van der Waals surface area contributed by atoms with Gasteiger partial charge in [-0.15, -0.1) is 0 Å². The van der Waals surface area contributed by atoms with E-state index in [1.165, 1.54) is 0 Å². The van der Waals surface area contributed by atoms with Gasteiger partial charge in [-0.1, -0.05) is 6.42 Å². The summed E-state index contributed by atoms with van der Waals surface area (Å²) in [5.74, 6) is 1.57. The SMILES string of the molecule is O=S(=O)(NCCCCCNS(=O)(=O)c1ccc(C2=NCCN2)cc1)c1ccc(C2=NCCN2)cc1. The molecular formula is C23H30N6O4S2. The summed E-state index contributed by atoms with van der Waals surface area (Å²) in [4.78, 5) is 9.06. The standard InChI is InChI=1S/C23H30N6O4S2/c30-34(31,20-8-4-18(5-9-20)22-24-14-15-25-22)28-12-2-1-3-13-29-35(32,33)21-10-6-19(7-11-21)23-26-16-17-27-23/h4-11,28-29H,1-3,12-17H2,(H,24,25)(H,26,27). The van der Waals surface area contributed by atoms with E-state index in [9.17, 15) is 16.8 Å². The molecule has 2 aliphatic heterocycles. The summed E-state index contributed by atoms with van der Waals surface area (Å²) < 4.78 is 55.2. The van der Waals surface area contributed by atoms with Crippen molar-refractivity contribution < 1.29 is 16.8 Å². The molecule has 0 bridgehead atoms. The molecule has 10 nitrogen and oxygen atoms in total. The van der Waals surface area contributed by atoms with Crippen LogP contribution in [0.1, 0.15) is 30.4 Å². The number of aliphatic imine (C=N–C) groups is 2. The van der Waals surface area contributed by atoms with Crippen LogP contribution >= 0.6 is 0 Å². The van der Waals surface area contributed by atoms with Gasteiger partial charge in [-0.2, -0.15) is 0 Å². The van der Waals surface area contributed by atoms with Gasteiger partial charge in [-0.25, -0.2) is 26.3 Å². The highest BCUT2D eigenvalue weighted by atomic mass is 32.2. The fourth-order valence-electron chi connectivity index (χ4n) is 3.77. The summed E-state index contributed by atoms with van der Waals surface area (Å²) in [5.41, 5.74) is 1.72. The molecule has 0 saturated carbocycles. The van der Waals surface area contributed by atoms with E-state index in [1.807, 2.05) is 0 Å². The van der Waals surface area contributed by atoms with E-state index >= 15 is 0 Å². The van der Waals surface area contributed by atoms with Gasteiger partial charge in [0, 0.05) is 37.3 Å². The van der Waals surface area contributed by atoms with E-state index in [2.05, 4.69) is 30.1 Å². The molecule has 4 N–H and O–H groups in total. The Hall–Kier alpha value is -2.80. The Morgan fingerprint density at radius 1 is 0.629 bits per heavy atom. The highest BCUT2D eigenvalue weighted by molar-refractivity contribution is 7.89. The van der Waals surface area contributed by atoms with E-state index in [1.54, 1.807) is 48.5 Å². The molecule has 0 radical (unpaired) electrons. The predicted octanol–water partition coefficient (Wildman–Crippen LogP) is 0.813. The average Bonchev–Trinajstić information content (AvgIpc) is 3.58. The Bertz CT molecular complexity index is 1190. The van der Waals surface area contributed by atoms with Crippen LogP contribution in [0.3, 0.4) is 0 Å². The van der Waals surface area contributed by atoms with E-state index < -0.39 is 20.0 Å². The van der Waals surface area contributed by atoms with Gasteiger partial charge >= 0.3 is 0 Å². The van der Waals surface area contributed by atoms with Crippen LogP contribution < -0.4 is 20.1 Å². The number of hydrogen-bond donors (Lipinski definition) is 4. The van der Waals surface area contributed by atoms with Crippen molar-refractivity contribution >= 4 is 31.7 Å². The Morgan fingerprint density at radius 2 is 1.03 bits per heavy atom. The van der Waals surface area contributed by atoms with Crippen molar-refractivity contribution in [2.75, 3.05) is 39.3 Å². The fourth-order valence-corrected chi connectivity index (χ4v) is 5.92. The van der Waals surface area contributed by atoms with Gasteiger partial charge in [-0.3, -0.25) is 9.98 Å². The van der Waals surface area contributed by atoms with Crippen LogP contribution in [0.25, 0.3) is 0 Å². The summed E-state index contributed by atoms with van der Waals surface area (Å²) in [6, 6.07) is 13.2. The zero-order valence-electron chi connectivity index (χ0n) is 19.3. The maximum atomic E-state index is 12.5. The van der Waals surface area contributed by atoms with Crippen LogP contribution in [0.5, 0.6) is 0 Å². The van der Waals surface area contributed by atoms with E-state index in [0.717, 1.165) is 49.0 Å². The monoisotopic (exact) mass is 518 g/mol. The van der Waals surface area contributed by atoms with Crippen molar-refractivity contribution in [3.63, 3.8) is 0 Å². The molecule has 0 aliphatic carbocycles. The van der Waals surface area contributed by atoms with Crippen molar-refractivity contribution in [2.24, 2.45) is 9.98 Å². The maximum Gasteiger partial charge on any atom is 0.240 e. The van der Waals surface area contributed by atoms with Crippen LogP contribution in [-0.2, 0) is 20.0 Å². The minimum absolute atomic E-state index is 0.203. The molecule has 35 heavy (non-hydrogen) atoms. The number of rotatable bonds is 12. The lowest BCUT2D eigenvalue weighted by atomic mass is 10.2. The van der Waals surface area contributed by atoms with Crippen molar-refractivity contribution in [2.45, 2.75) is 29.1 Å². The van der Waals surface area contributed by atoms with Crippen molar-refractivity contribution in [3.8, 4) is 0 Å². The van der Waals surface area contributed by atoms with Crippen molar-refractivity contribution in [3.05, 3.63) is 59.7 Å². The first-order valence-electron chi connectivity index (χ1n) is 11.6. The van der Waals surface area contributed by atoms with Gasteiger partial charge < -0.3 is 10.6 Å². The third-order valence-corrected chi connectivity index (χ3v) is 8.62. The molecule has 0 saturated heterocycles. The molecule has 188 valence electrons. The summed E-state index contributed by atoms with van der Waals surface area (Å²) >= 11 is 0. The second kappa shape index (κ2) is 11.3. The van der Waals surface area contributed by atoms with Gasteiger partial charge in [0.05, 0.1) is 22.9 Å². The third kappa shape index (κ3) is 6.66. The fraction of sp³-hybridized carbons (Fsp3) is 0.391. The maximum absolute atomic E-state index is 12.5. The van der Waals surface area contributed by atoms with Crippen LogP contribution in [0.2, 0.25) is 0 Å². The largest absolute Gasteiger partial charge is 0.368 e. The summed E-state index contributed by atoms with van der Waals surface area (Å²) in [5, 5.41) is 6.31. The first-order valence-corrected chi connectivity index (χ1v) is 14.6. The Morgan fingerprint density at radius 3 is 1.37 bits per heavy atom. The molecule has 2 heterocycles. The molecule has 0 aromatic heterocycles. The second-order valence-corrected chi connectivity index (χ2v) is 11.8. The van der Waals surface area contributed by atoms with Crippen LogP contribution in [0.4, 0.5) is 0 Å². The van der Waals surface area contributed by atoms with Crippen LogP contribution in [0, 0.1) is 0 Å². The minimum atomic E-state index is -3.60. The molecule has 2 aliphatic rings. The molecule has 0 unspecified atom stereocenters. The molecular weight excluding hydrogens is 488 g/mol. The lowest BCUT2D eigenvalue weighted by Gasteiger charge is -2.09. The molecule has 0 amide bonds. The van der Waals surface area contributed by atoms with E-state index in [-0.39, 0.29) is 22.9 Å². The molecule has 4 rings (SSSR count). The third-order valence-electron chi connectivity index (χ3n) is 5.66. The van der Waals surface area contributed by atoms with Gasteiger partial charge in [0.25, 0.3) is 0 Å². The number of nitrogens with one attached hydrogen (secondary N) is 4. The van der Waals surface area contributed by atoms with E-state index in [0.29, 0.717) is 19.3 Å². The Kier molecular flexibility index (Phi) is 8.16. The quantitative estimate of drug-likeness (QED) is 0.307. The molecule has 2 aromatic carbocycles. The van der Waals surface area contributed by atoms with Gasteiger partial charge in [0.1, 0.15) is 11.7 Å². The topological polar surface area (TPSA) is 141 Å². The minimum Gasteiger partial charge on any atom is -0.368 e. The highest BCUT2D eigenvalue weighted by Gasteiger charge is 2.16. The Labute approximate surface area is 206 Å². The van der Waals surface area contributed by atoms with Crippen molar-refractivity contribution in [1.82, 2.24) is 20.1 Å². The molecule has 0 fully saturated rings. The normalized spacial score (nSPS) is 15.9. The number of sulfonamides is 2. The summed E-state index contributed by atoms with van der Waals surface area (Å²) in [7, 11) is -7.19. The summed E-state index contributed by atoms with van der Waals surface area (Å²) in [6.45, 7) is 3.59. The number of amidine groups is 2. The predicted molar refractivity (Wildman–Crippen MR) is 136 cm³/mol. The second-order valence-electron chi connectivity index (χ2n) is 8.22. The molecule has 0 atom stereocenters. The molecule has 2 aromatic rings. The van der Waals surface area contributed by atoms with Gasteiger partial charge in [-0.05, 0) is 61.4 Å². The summed E-state index contributed by atoms with van der Waals surface area (Å²) in [6.07, 6.45) is 1.88. The Balaban J connectivity index is 1.16. The first kappa shape index (κ1) is 25.3.